The number of esters is 1. The Morgan fingerprint density at radius 3 is 2.30 bits per heavy atom. The zero-order valence-corrected chi connectivity index (χ0v) is 13.1. The average Bonchev–Trinajstić information content (AvgIpc) is 3.01. The van der Waals surface area contributed by atoms with Crippen molar-refractivity contribution in [2.24, 2.45) is 0 Å². The maximum absolute atomic E-state index is 11.2. The Kier molecular flexibility index (Phi) is 5.09. The van der Waals surface area contributed by atoms with Crippen LogP contribution in [-0.2, 0) is 16.0 Å². The van der Waals surface area contributed by atoms with Crippen molar-refractivity contribution in [2.45, 2.75) is 18.9 Å². The van der Waals surface area contributed by atoms with E-state index in [-0.39, 0.29) is 12.1 Å². The molecule has 0 bridgehead atoms. The molecule has 0 saturated carbocycles. The third-order valence-corrected chi connectivity index (χ3v) is 3.97. The highest BCUT2D eigenvalue weighted by atomic mass is 16.5. The molecule has 1 aliphatic heterocycles. The van der Waals surface area contributed by atoms with Crippen molar-refractivity contribution in [3.63, 3.8) is 0 Å². The van der Waals surface area contributed by atoms with E-state index in [1.807, 2.05) is 30.3 Å². The maximum Gasteiger partial charge on any atom is 0.331 e. The fraction of sp³-hybridized carbons (Fsp3) is 0.250. The van der Waals surface area contributed by atoms with Gasteiger partial charge in [-0.05, 0) is 36.6 Å². The molecule has 0 aromatic heterocycles. The van der Waals surface area contributed by atoms with Crippen LogP contribution < -0.4 is 4.90 Å². The van der Waals surface area contributed by atoms with E-state index >= 15 is 0 Å². The second-order valence-corrected chi connectivity index (χ2v) is 5.71. The van der Waals surface area contributed by atoms with Gasteiger partial charge in [0.1, 0.15) is 6.10 Å². The number of carbonyl (C=O) groups excluding carboxylic acids is 1. The number of ether oxygens (including phenoxy) is 1. The number of hydrogen-bond donors (Lipinski definition) is 0. The smallest absolute Gasteiger partial charge is 0.331 e. The lowest BCUT2D eigenvalue weighted by Crippen LogP contribution is -2.33. The van der Waals surface area contributed by atoms with Crippen molar-refractivity contribution in [3.8, 4) is 0 Å². The monoisotopic (exact) mass is 307 g/mol. The molecule has 1 atom stereocenters. The molecule has 0 radical (unpaired) electrons. The lowest BCUT2D eigenvalue weighted by Gasteiger charge is -2.27. The number of nitrogens with zero attached hydrogens (tertiary/aromatic N) is 1. The Bertz CT molecular complexity index is 652. The molecule has 0 N–H and O–H groups in total. The van der Waals surface area contributed by atoms with E-state index in [1.165, 1.54) is 11.6 Å². The molecule has 0 aliphatic carbocycles. The first-order chi connectivity index (χ1) is 11.3. The number of para-hydroxylation sites is 1. The molecule has 0 amide bonds. The Morgan fingerprint density at radius 2 is 1.65 bits per heavy atom. The lowest BCUT2D eigenvalue weighted by molar-refractivity contribution is -0.138. The Labute approximate surface area is 137 Å². The van der Waals surface area contributed by atoms with E-state index in [1.54, 1.807) is 0 Å². The normalized spacial score (nSPS) is 16.3. The van der Waals surface area contributed by atoms with Crippen LogP contribution in [0.1, 0.15) is 12.0 Å². The summed E-state index contributed by atoms with van der Waals surface area (Å²) in [4.78, 5) is 13.5. The molecule has 118 valence electrons. The molecular weight excluding hydrogens is 286 g/mol. The highest BCUT2D eigenvalue weighted by molar-refractivity contribution is 5.84. The molecule has 0 spiro atoms. The number of benzene rings is 2. The maximum atomic E-state index is 11.2. The van der Waals surface area contributed by atoms with Gasteiger partial charge in [0.15, 0.2) is 0 Å². The number of anilines is 1. The summed E-state index contributed by atoms with van der Waals surface area (Å²) >= 11 is 0. The van der Waals surface area contributed by atoms with E-state index in [0.717, 1.165) is 25.1 Å². The van der Waals surface area contributed by atoms with Gasteiger partial charge in [-0.25, -0.2) is 4.79 Å². The second kappa shape index (κ2) is 7.63. The molecular formula is C20H21NO2. The summed E-state index contributed by atoms with van der Waals surface area (Å²) in [6, 6.07) is 20.8. The molecule has 0 saturated heterocycles. The first kappa shape index (κ1) is 15.3. The second-order valence-electron chi connectivity index (χ2n) is 5.71. The van der Waals surface area contributed by atoms with Gasteiger partial charge < -0.3 is 9.64 Å². The van der Waals surface area contributed by atoms with Crippen LogP contribution >= 0.6 is 0 Å². The van der Waals surface area contributed by atoms with Gasteiger partial charge in [0.25, 0.3) is 0 Å². The molecule has 1 unspecified atom stereocenters. The van der Waals surface area contributed by atoms with Crippen molar-refractivity contribution in [2.75, 3.05) is 18.0 Å². The van der Waals surface area contributed by atoms with Gasteiger partial charge in [-0.2, -0.15) is 0 Å². The first-order valence-electron chi connectivity index (χ1n) is 8.04. The highest BCUT2D eigenvalue weighted by Crippen LogP contribution is 2.17. The van der Waals surface area contributed by atoms with Crippen LogP contribution in [0.25, 0.3) is 0 Å². The highest BCUT2D eigenvalue weighted by Gasteiger charge is 2.20. The first-order valence-corrected chi connectivity index (χ1v) is 8.04. The summed E-state index contributed by atoms with van der Waals surface area (Å²) in [6.07, 6.45) is 5.31. The van der Waals surface area contributed by atoms with E-state index < -0.39 is 0 Å². The van der Waals surface area contributed by atoms with E-state index in [4.69, 9.17) is 4.74 Å². The lowest BCUT2D eigenvalue weighted by atomic mass is 10.1. The molecule has 1 heterocycles. The zero-order valence-electron chi connectivity index (χ0n) is 13.1. The summed E-state index contributed by atoms with van der Waals surface area (Å²) in [5, 5.41) is 0. The number of hydrogen-bond acceptors (Lipinski definition) is 3. The van der Waals surface area contributed by atoms with Gasteiger partial charge in [-0.15, -0.1) is 0 Å². The van der Waals surface area contributed by atoms with Crippen LogP contribution in [0.3, 0.4) is 0 Å². The summed E-state index contributed by atoms with van der Waals surface area (Å²) in [5.74, 6) is -0.243. The number of rotatable bonds is 7. The van der Waals surface area contributed by atoms with Crippen LogP contribution in [-0.4, -0.2) is 25.2 Å². The standard InChI is InChI=1S/C20H21NO2/c22-20-14-13-19(23-20)16-21(18-11-5-2-6-12-18)15-7-10-17-8-3-1-4-9-17/h1-6,8-9,11-14,19H,7,10,15-16H2. The minimum atomic E-state index is -0.243. The predicted molar refractivity (Wildman–Crippen MR) is 92.4 cm³/mol. The fourth-order valence-corrected chi connectivity index (χ4v) is 2.81. The van der Waals surface area contributed by atoms with Crippen LogP contribution in [0.5, 0.6) is 0 Å². The average molecular weight is 307 g/mol. The molecule has 23 heavy (non-hydrogen) atoms. The number of carbonyl (C=O) groups is 1. The van der Waals surface area contributed by atoms with Gasteiger partial charge >= 0.3 is 5.97 Å². The third-order valence-electron chi connectivity index (χ3n) is 3.97. The summed E-state index contributed by atoms with van der Waals surface area (Å²) in [6.45, 7) is 1.63. The minimum absolute atomic E-state index is 0.153. The van der Waals surface area contributed by atoms with Gasteiger partial charge in [-0.1, -0.05) is 48.5 Å². The summed E-state index contributed by atoms with van der Waals surface area (Å²) < 4.78 is 5.29. The zero-order chi connectivity index (χ0) is 15.9. The third kappa shape index (κ3) is 4.46. The Balaban J connectivity index is 1.61. The Morgan fingerprint density at radius 1 is 0.957 bits per heavy atom. The topological polar surface area (TPSA) is 29.5 Å². The molecule has 3 heteroatoms. The van der Waals surface area contributed by atoms with Crippen LogP contribution in [0.15, 0.2) is 72.8 Å². The molecule has 3 rings (SSSR count). The van der Waals surface area contributed by atoms with Crippen LogP contribution in [0.4, 0.5) is 5.69 Å². The molecule has 3 nitrogen and oxygen atoms in total. The Hall–Kier alpha value is -2.55. The predicted octanol–water partition coefficient (Wildman–Crippen LogP) is 3.61. The van der Waals surface area contributed by atoms with Crippen LogP contribution in [0.2, 0.25) is 0 Å². The van der Waals surface area contributed by atoms with Crippen molar-refractivity contribution >= 4 is 11.7 Å². The number of aryl methyl sites for hydroxylation is 1. The van der Waals surface area contributed by atoms with Gasteiger partial charge in [0, 0.05) is 18.3 Å². The van der Waals surface area contributed by atoms with Crippen molar-refractivity contribution in [1.29, 1.82) is 0 Å². The van der Waals surface area contributed by atoms with Gasteiger partial charge in [0.05, 0.1) is 6.54 Å². The largest absolute Gasteiger partial charge is 0.453 e. The fourth-order valence-electron chi connectivity index (χ4n) is 2.81. The summed E-state index contributed by atoms with van der Waals surface area (Å²) in [5.41, 5.74) is 2.52. The van der Waals surface area contributed by atoms with Crippen LogP contribution in [0, 0.1) is 0 Å². The SMILES string of the molecule is O=C1C=CC(CN(CCCc2ccccc2)c2ccccc2)O1. The molecule has 1 aliphatic rings. The minimum Gasteiger partial charge on any atom is -0.453 e. The quantitative estimate of drug-likeness (QED) is 0.732. The van der Waals surface area contributed by atoms with Crippen molar-refractivity contribution < 1.29 is 9.53 Å². The number of cyclic esters (lactones) is 1. The van der Waals surface area contributed by atoms with E-state index in [2.05, 4.69) is 41.3 Å². The van der Waals surface area contributed by atoms with Gasteiger partial charge in [0.2, 0.25) is 0 Å². The molecule has 0 fully saturated rings. The van der Waals surface area contributed by atoms with Gasteiger partial charge in [-0.3, -0.25) is 0 Å². The summed E-state index contributed by atoms with van der Waals surface area (Å²) in [7, 11) is 0. The van der Waals surface area contributed by atoms with E-state index in [0.29, 0.717) is 6.54 Å². The molecule has 2 aromatic carbocycles. The van der Waals surface area contributed by atoms with Crippen molar-refractivity contribution in [1.82, 2.24) is 0 Å². The van der Waals surface area contributed by atoms with E-state index in [9.17, 15) is 4.79 Å². The van der Waals surface area contributed by atoms with Crippen molar-refractivity contribution in [3.05, 3.63) is 78.4 Å². The molecule has 2 aromatic rings.